The molecule has 0 spiro atoms. The third kappa shape index (κ3) is 8.22. The van der Waals surface area contributed by atoms with Gasteiger partial charge in [0.15, 0.2) is 8.32 Å². The molecule has 186 valence electrons. The van der Waals surface area contributed by atoms with Crippen LogP contribution in [0.2, 0.25) is 18.1 Å². The van der Waals surface area contributed by atoms with Crippen molar-refractivity contribution in [2.45, 2.75) is 90.8 Å². The Balaban J connectivity index is 2.17. The summed E-state index contributed by atoms with van der Waals surface area (Å²) in [5.41, 5.74) is 1.08. The molecule has 1 heterocycles. The Bertz CT molecular complexity index is 866. The van der Waals surface area contributed by atoms with Crippen molar-refractivity contribution in [1.29, 1.82) is 0 Å². The van der Waals surface area contributed by atoms with Crippen LogP contribution in [0.1, 0.15) is 53.2 Å². The number of nitrogens with zero attached hydrogens (tertiary/aromatic N) is 3. The summed E-state index contributed by atoms with van der Waals surface area (Å²) in [7, 11) is -5.32. The smallest absolute Gasteiger partial charge is 0.264 e. The zero-order valence-corrected chi connectivity index (χ0v) is 24.7. The van der Waals surface area contributed by atoms with Gasteiger partial charge in [0.25, 0.3) is 10.1 Å². The predicted molar refractivity (Wildman–Crippen MR) is 138 cm³/mol. The maximum absolute atomic E-state index is 11.5. The van der Waals surface area contributed by atoms with Crippen LogP contribution in [0.5, 0.6) is 5.88 Å². The van der Waals surface area contributed by atoms with Gasteiger partial charge in [-0.3, -0.25) is 13.8 Å². The fraction of sp³-hybridized carbons (Fsp3) is 0.857. The van der Waals surface area contributed by atoms with Gasteiger partial charge in [0, 0.05) is 19.1 Å². The first-order chi connectivity index (χ1) is 14.6. The normalized spacial score (nSPS) is 16.6. The van der Waals surface area contributed by atoms with Gasteiger partial charge < -0.3 is 9.16 Å². The fourth-order valence-electron chi connectivity index (χ4n) is 3.25. The molecule has 0 saturated heterocycles. The Morgan fingerprint density at radius 3 is 2.44 bits per heavy atom. The number of aromatic nitrogens is 2. The van der Waals surface area contributed by atoms with E-state index in [0.29, 0.717) is 44.8 Å². The van der Waals surface area contributed by atoms with Gasteiger partial charge >= 0.3 is 0 Å². The molecule has 0 aromatic carbocycles. The average molecular weight is 602 g/mol. The average Bonchev–Trinajstić information content (AvgIpc) is 3.41. The van der Waals surface area contributed by atoms with E-state index >= 15 is 0 Å². The van der Waals surface area contributed by atoms with Crippen LogP contribution in [0, 0.1) is 3.57 Å². The largest absolute Gasteiger partial charge is 0.476 e. The second kappa shape index (κ2) is 11.0. The minimum atomic E-state index is -3.48. The molecule has 0 unspecified atom stereocenters. The topological polar surface area (TPSA) is 82.9 Å². The van der Waals surface area contributed by atoms with Gasteiger partial charge in [0.1, 0.15) is 0 Å². The molecule has 1 atom stereocenters. The van der Waals surface area contributed by atoms with Gasteiger partial charge in [-0.2, -0.15) is 8.42 Å². The Morgan fingerprint density at radius 1 is 1.31 bits per heavy atom. The Hall–Kier alpha value is -0.213. The molecule has 0 amide bonds. The molecule has 0 bridgehead atoms. The summed E-state index contributed by atoms with van der Waals surface area (Å²) in [6, 6.07) is 0.443. The van der Waals surface area contributed by atoms with Crippen molar-refractivity contribution in [2.75, 3.05) is 26.0 Å². The molecule has 1 aliphatic rings. The van der Waals surface area contributed by atoms with Crippen molar-refractivity contribution in [3.63, 3.8) is 0 Å². The molecule has 1 aromatic heterocycles. The van der Waals surface area contributed by atoms with E-state index in [-0.39, 0.29) is 5.04 Å². The number of halogens is 1. The molecular formula is C21H40IN3O5SSi. The van der Waals surface area contributed by atoms with Crippen molar-refractivity contribution in [1.82, 2.24) is 14.7 Å². The Kier molecular flexibility index (Phi) is 9.65. The van der Waals surface area contributed by atoms with Gasteiger partial charge in [-0.15, -0.1) is 5.10 Å². The van der Waals surface area contributed by atoms with E-state index < -0.39 is 24.5 Å². The van der Waals surface area contributed by atoms with Crippen LogP contribution in [0.3, 0.4) is 0 Å². The zero-order valence-electron chi connectivity index (χ0n) is 20.8. The van der Waals surface area contributed by atoms with Crippen molar-refractivity contribution < 1.29 is 21.8 Å². The number of hydrogen-bond acceptors (Lipinski definition) is 7. The van der Waals surface area contributed by atoms with E-state index in [0.717, 1.165) is 28.4 Å². The third-order valence-electron chi connectivity index (χ3n) is 6.06. The minimum absolute atomic E-state index is 0.156. The highest BCUT2D eigenvalue weighted by Crippen LogP contribution is 2.36. The summed E-state index contributed by atoms with van der Waals surface area (Å²) >= 11 is 2.30. The van der Waals surface area contributed by atoms with Crippen molar-refractivity contribution in [3.8, 4) is 5.88 Å². The maximum atomic E-state index is 11.5. The molecule has 11 heteroatoms. The highest BCUT2D eigenvalue weighted by Gasteiger charge is 2.37. The number of rotatable bonds is 13. The fourth-order valence-corrected chi connectivity index (χ4v) is 5.66. The van der Waals surface area contributed by atoms with E-state index in [1.807, 2.05) is 11.6 Å². The van der Waals surface area contributed by atoms with Crippen LogP contribution in [-0.4, -0.2) is 69.6 Å². The first kappa shape index (κ1) is 28.0. The Labute approximate surface area is 208 Å². The first-order valence-corrected chi connectivity index (χ1v) is 17.1. The monoisotopic (exact) mass is 601 g/mol. The van der Waals surface area contributed by atoms with Crippen LogP contribution < -0.4 is 4.74 Å². The van der Waals surface area contributed by atoms with E-state index in [1.165, 1.54) is 0 Å². The van der Waals surface area contributed by atoms with Gasteiger partial charge in [-0.05, 0) is 67.4 Å². The number of hydrogen-bond donors (Lipinski definition) is 0. The third-order valence-corrected chi connectivity index (χ3v) is 12.4. The molecule has 8 nitrogen and oxygen atoms in total. The molecule has 2 rings (SSSR count). The first-order valence-electron chi connectivity index (χ1n) is 11.3. The molecule has 0 radical (unpaired) electrons. The lowest BCUT2D eigenvalue weighted by Crippen LogP contribution is -2.41. The molecular weight excluding hydrogens is 561 g/mol. The molecule has 32 heavy (non-hydrogen) atoms. The molecule has 0 N–H and O–H groups in total. The van der Waals surface area contributed by atoms with Crippen LogP contribution >= 0.6 is 22.6 Å². The van der Waals surface area contributed by atoms with E-state index in [1.54, 1.807) is 6.92 Å². The lowest BCUT2D eigenvalue weighted by atomic mass is 10.2. The van der Waals surface area contributed by atoms with Gasteiger partial charge in [-0.1, -0.05) is 20.8 Å². The van der Waals surface area contributed by atoms with Gasteiger partial charge in [-0.25, -0.2) is 0 Å². The van der Waals surface area contributed by atoms with Crippen LogP contribution in [-0.2, 0) is 31.8 Å². The predicted octanol–water partition coefficient (Wildman–Crippen LogP) is 4.24. The summed E-state index contributed by atoms with van der Waals surface area (Å²) in [6.07, 6.45) is 2.92. The standard InChI is InChI=1S/C21H40IN3O5SSi/c1-9-28-20-19(22)18(25(23-20)12-13-29-32(7,8)21(3,4)5)15-24(17-10-11-17)14-16(2)30-31(6,26)27/h16-17H,9-15H2,1-8H3/t16-/m1/s1. The van der Waals surface area contributed by atoms with Crippen LogP contribution in [0.25, 0.3) is 0 Å². The lowest BCUT2D eigenvalue weighted by Gasteiger charge is -2.36. The van der Waals surface area contributed by atoms with Crippen molar-refractivity contribution in [2.24, 2.45) is 0 Å². The van der Waals surface area contributed by atoms with E-state index in [9.17, 15) is 8.42 Å². The van der Waals surface area contributed by atoms with Crippen LogP contribution in [0.15, 0.2) is 0 Å². The van der Waals surface area contributed by atoms with Crippen molar-refractivity contribution in [3.05, 3.63) is 9.26 Å². The van der Waals surface area contributed by atoms with Gasteiger partial charge in [0.05, 0.1) is 41.4 Å². The van der Waals surface area contributed by atoms with Crippen molar-refractivity contribution >= 4 is 41.0 Å². The second-order valence-electron chi connectivity index (χ2n) is 10.1. The summed E-state index contributed by atoms with van der Waals surface area (Å²) in [5, 5.41) is 4.88. The second-order valence-corrected chi connectivity index (χ2v) is 17.6. The maximum Gasteiger partial charge on any atom is 0.264 e. The molecule has 0 aliphatic heterocycles. The summed E-state index contributed by atoms with van der Waals surface area (Å²) in [5.74, 6) is 0.645. The van der Waals surface area contributed by atoms with E-state index in [4.69, 9.17) is 18.4 Å². The SMILES string of the molecule is CCOc1nn(CCO[Si](C)(C)C(C)(C)C)c(CN(C[C@@H](C)OS(C)(=O)=O)C2CC2)c1I. The number of ether oxygens (including phenoxy) is 1. The molecule has 1 aliphatic carbocycles. The molecule has 1 saturated carbocycles. The summed E-state index contributed by atoms with van der Waals surface area (Å²) in [6.45, 7) is 18.0. The zero-order chi connectivity index (χ0) is 24.3. The van der Waals surface area contributed by atoms with Gasteiger partial charge in [0.2, 0.25) is 5.88 Å². The van der Waals surface area contributed by atoms with Crippen LogP contribution in [0.4, 0.5) is 0 Å². The highest BCUT2D eigenvalue weighted by molar-refractivity contribution is 14.1. The highest BCUT2D eigenvalue weighted by atomic mass is 127. The Morgan fingerprint density at radius 2 is 1.94 bits per heavy atom. The van der Waals surface area contributed by atoms with E-state index in [2.05, 4.69) is 61.4 Å². The lowest BCUT2D eigenvalue weighted by molar-refractivity contribution is 0.138. The molecule has 1 aromatic rings. The minimum Gasteiger partial charge on any atom is -0.476 e. The molecule has 1 fully saturated rings. The summed E-state index contributed by atoms with van der Waals surface area (Å²) < 4.78 is 43.4. The quantitative estimate of drug-likeness (QED) is 0.190. The summed E-state index contributed by atoms with van der Waals surface area (Å²) in [4.78, 5) is 2.30.